The van der Waals surface area contributed by atoms with Crippen LogP contribution in [0.1, 0.15) is 0 Å². The molecule has 0 spiro atoms. The number of furan rings is 2. The first-order chi connectivity index (χ1) is 26.8. The van der Waals surface area contributed by atoms with E-state index in [1.165, 1.54) is 30.9 Å². The minimum atomic E-state index is 0.496. The second-order valence-electron chi connectivity index (χ2n) is 14.0. The molecule has 0 unspecified atom stereocenters. The fourth-order valence-electron chi connectivity index (χ4n) is 8.98. The second kappa shape index (κ2) is 10.3. The molecule has 0 atom stereocenters. The first kappa shape index (κ1) is 28.6. The molecule has 54 heavy (non-hydrogen) atoms. The van der Waals surface area contributed by atoms with Gasteiger partial charge in [-0.15, -0.1) is 11.3 Å². The van der Waals surface area contributed by atoms with Gasteiger partial charge in [0.15, 0.2) is 11.4 Å². The van der Waals surface area contributed by atoms with E-state index in [4.69, 9.17) is 18.8 Å². The molecule has 13 rings (SSSR count). The van der Waals surface area contributed by atoms with Crippen LogP contribution in [-0.4, -0.2) is 14.5 Å². The van der Waals surface area contributed by atoms with Crippen molar-refractivity contribution in [3.63, 3.8) is 0 Å². The fraction of sp³-hybridized carbons (Fsp3) is 0. The highest BCUT2D eigenvalue weighted by Crippen LogP contribution is 2.49. The maximum absolute atomic E-state index is 7.08. The van der Waals surface area contributed by atoms with Crippen molar-refractivity contribution in [3.05, 3.63) is 152 Å². The molecule has 0 saturated heterocycles. The van der Waals surface area contributed by atoms with E-state index < -0.39 is 0 Å². The molecule has 0 radical (unpaired) electrons. The third kappa shape index (κ3) is 3.62. The Hall–Kier alpha value is -7.02. The summed E-state index contributed by atoms with van der Waals surface area (Å²) < 4.78 is 18.3. The van der Waals surface area contributed by atoms with Crippen LogP contribution in [0.3, 0.4) is 0 Å². The number of hydrogen-bond acceptors (Lipinski definition) is 5. The van der Waals surface area contributed by atoms with E-state index in [0.29, 0.717) is 11.5 Å². The van der Waals surface area contributed by atoms with Crippen LogP contribution in [0, 0.1) is 0 Å². The van der Waals surface area contributed by atoms with E-state index in [9.17, 15) is 0 Å². The van der Waals surface area contributed by atoms with E-state index in [1.807, 2.05) is 18.2 Å². The maximum atomic E-state index is 7.08. The van der Waals surface area contributed by atoms with Gasteiger partial charge < -0.3 is 8.83 Å². The molecule has 0 saturated carbocycles. The lowest BCUT2D eigenvalue weighted by molar-refractivity contribution is 0.651. The zero-order chi connectivity index (χ0) is 35.1. The summed E-state index contributed by atoms with van der Waals surface area (Å²) in [6.45, 7) is 0. The third-order valence-electron chi connectivity index (χ3n) is 11.2. The van der Waals surface area contributed by atoms with Crippen molar-refractivity contribution in [2.75, 3.05) is 0 Å². The molecule has 6 heteroatoms. The molecule has 0 N–H and O–H groups in total. The predicted octanol–water partition coefficient (Wildman–Crippen LogP) is 13.7. The minimum absolute atomic E-state index is 0.496. The van der Waals surface area contributed by atoms with Gasteiger partial charge >= 0.3 is 0 Å². The van der Waals surface area contributed by atoms with Crippen LogP contribution >= 0.6 is 11.3 Å². The molecule has 0 aliphatic heterocycles. The third-order valence-corrected chi connectivity index (χ3v) is 12.3. The number of para-hydroxylation sites is 2. The molecule has 5 aromatic heterocycles. The van der Waals surface area contributed by atoms with E-state index >= 15 is 0 Å². The Morgan fingerprint density at radius 3 is 2.06 bits per heavy atom. The molecule has 0 bridgehead atoms. The molecule has 5 heterocycles. The Bertz CT molecular complexity index is 3750. The van der Waals surface area contributed by atoms with Crippen molar-refractivity contribution >= 4 is 119 Å². The summed E-state index contributed by atoms with van der Waals surface area (Å²) in [6.07, 6.45) is 0. The molecule has 250 valence electrons. The van der Waals surface area contributed by atoms with Crippen LogP contribution < -0.4 is 0 Å². The van der Waals surface area contributed by atoms with E-state index in [-0.39, 0.29) is 0 Å². The topological polar surface area (TPSA) is 57.0 Å². The van der Waals surface area contributed by atoms with E-state index in [0.717, 1.165) is 82.3 Å². The Kier molecular flexibility index (Phi) is 5.45. The molecular weight excluding hydrogens is 683 g/mol. The zero-order valence-electron chi connectivity index (χ0n) is 28.5. The summed E-state index contributed by atoms with van der Waals surface area (Å²) in [5.74, 6) is 0.692. The Labute approximate surface area is 309 Å². The molecule has 13 aromatic rings. The van der Waals surface area contributed by atoms with Crippen molar-refractivity contribution in [2.24, 2.45) is 0 Å². The Morgan fingerprint density at radius 2 is 1.17 bits per heavy atom. The lowest BCUT2D eigenvalue weighted by Gasteiger charge is -2.14. The average Bonchev–Trinajstić information content (AvgIpc) is 3.99. The highest BCUT2D eigenvalue weighted by molar-refractivity contribution is 7.25. The first-order valence-corrected chi connectivity index (χ1v) is 18.9. The van der Waals surface area contributed by atoms with Gasteiger partial charge in [0, 0.05) is 52.7 Å². The van der Waals surface area contributed by atoms with Gasteiger partial charge in [-0.2, -0.15) is 4.98 Å². The summed E-state index contributed by atoms with van der Waals surface area (Å²) >= 11 is 1.80. The highest BCUT2D eigenvalue weighted by Gasteiger charge is 2.28. The van der Waals surface area contributed by atoms with Gasteiger partial charge in [0.25, 0.3) is 0 Å². The number of aromatic nitrogens is 3. The van der Waals surface area contributed by atoms with Crippen LogP contribution in [-0.2, 0) is 0 Å². The Morgan fingerprint density at radius 1 is 0.463 bits per heavy atom. The van der Waals surface area contributed by atoms with Crippen LogP contribution in [0.15, 0.2) is 160 Å². The summed E-state index contributed by atoms with van der Waals surface area (Å²) in [7, 11) is 0. The summed E-state index contributed by atoms with van der Waals surface area (Å²) in [6, 6.07) is 53.4. The number of hydrogen-bond donors (Lipinski definition) is 0. The van der Waals surface area contributed by atoms with E-state index in [1.54, 1.807) is 11.3 Å². The van der Waals surface area contributed by atoms with Crippen molar-refractivity contribution < 1.29 is 8.83 Å². The number of rotatable bonds is 2. The van der Waals surface area contributed by atoms with Crippen LogP contribution in [0.2, 0.25) is 0 Å². The van der Waals surface area contributed by atoms with Crippen molar-refractivity contribution in [3.8, 4) is 17.1 Å². The SMILES string of the molecule is c1ccc2c(c1)ccc1oc3c(c4ccccc4c4c5ccccc5n(-c5nc6oc7ccccc7c6nc5-c5cccc6sc7ccccc7c56)c34)c12. The van der Waals surface area contributed by atoms with Gasteiger partial charge in [-0.05, 0) is 57.9 Å². The second-order valence-corrected chi connectivity index (χ2v) is 15.1. The smallest absolute Gasteiger partial charge is 0.248 e. The quantitative estimate of drug-likeness (QED) is 0.179. The van der Waals surface area contributed by atoms with Gasteiger partial charge in [-0.1, -0.05) is 115 Å². The lowest BCUT2D eigenvalue weighted by Crippen LogP contribution is -2.03. The van der Waals surface area contributed by atoms with Crippen LogP contribution in [0.5, 0.6) is 0 Å². The molecule has 0 aliphatic carbocycles. The number of benzene rings is 8. The van der Waals surface area contributed by atoms with Gasteiger partial charge in [-0.3, -0.25) is 4.57 Å². The monoisotopic (exact) mass is 707 g/mol. The van der Waals surface area contributed by atoms with Gasteiger partial charge in [0.1, 0.15) is 22.4 Å². The zero-order valence-corrected chi connectivity index (χ0v) is 29.3. The molecule has 0 aliphatic rings. The normalized spacial score (nSPS) is 12.4. The summed E-state index contributed by atoms with van der Waals surface area (Å²) in [5, 5.41) is 12.4. The van der Waals surface area contributed by atoms with Crippen molar-refractivity contribution in [1.82, 2.24) is 14.5 Å². The molecule has 5 nitrogen and oxygen atoms in total. The molecular formula is C48H25N3O2S. The lowest BCUT2D eigenvalue weighted by atomic mass is 9.96. The standard InChI is InChI=1S/C48H25N3O2S/c1-2-13-27-26(12-1)24-25-36-41(27)42-29-15-4-3-14-28(29)40-30-16-5-8-20-34(30)51(45(40)46(42)52-36)47-43(49-44-31-17-6-9-21-35(31)53-48(44)50-47)33-19-11-23-38-39(33)32-18-7-10-22-37(32)54-38/h1-25H. The average molecular weight is 708 g/mol. The highest BCUT2D eigenvalue weighted by atomic mass is 32.1. The number of thiophene rings is 1. The number of fused-ring (bicyclic) bond motifs is 18. The van der Waals surface area contributed by atoms with Crippen molar-refractivity contribution in [2.45, 2.75) is 0 Å². The first-order valence-electron chi connectivity index (χ1n) is 18.1. The molecule has 8 aromatic carbocycles. The van der Waals surface area contributed by atoms with Gasteiger partial charge in [0.2, 0.25) is 5.71 Å². The predicted molar refractivity (Wildman–Crippen MR) is 224 cm³/mol. The molecule has 0 amide bonds. The summed E-state index contributed by atoms with van der Waals surface area (Å²) in [5.41, 5.74) is 7.46. The van der Waals surface area contributed by atoms with Crippen LogP contribution in [0.25, 0.3) is 125 Å². The van der Waals surface area contributed by atoms with Gasteiger partial charge in [-0.25, -0.2) is 4.98 Å². The minimum Gasteiger partial charge on any atom is -0.454 e. The maximum Gasteiger partial charge on any atom is 0.248 e. The fourth-order valence-corrected chi connectivity index (χ4v) is 10.1. The van der Waals surface area contributed by atoms with Crippen molar-refractivity contribution in [1.29, 1.82) is 0 Å². The number of nitrogens with zero attached hydrogens (tertiary/aromatic N) is 3. The molecule has 0 fully saturated rings. The van der Waals surface area contributed by atoms with Crippen LogP contribution in [0.4, 0.5) is 0 Å². The van der Waals surface area contributed by atoms with Gasteiger partial charge in [0.05, 0.1) is 11.0 Å². The largest absolute Gasteiger partial charge is 0.454 e. The summed E-state index contributed by atoms with van der Waals surface area (Å²) in [4.78, 5) is 11.1. The Balaban J connectivity index is 1.29. The van der Waals surface area contributed by atoms with E-state index in [2.05, 4.69) is 138 Å².